The Morgan fingerprint density at radius 2 is 2.33 bits per heavy atom. The van der Waals surface area contributed by atoms with E-state index in [4.69, 9.17) is 5.26 Å². The molecule has 0 bridgehead atoms. The molecular formula is C7H5N5. The molecule has 2 aliphatic rings. The van der Waals surface area contributed by atoms with Gasteiger partial charge in [0, 0.05) is 13.2 Å². The topological polar surface area (TPSA) is 67.4 Å². The fraction of sp³-hybridized carbons (Fsp3) is 0.143. The number of hydrogen-bond donors (Lipinski definition) is 0. The fourth-order valence-corrected chi connectivity index (χ4v) is 0.974. The summed E-state index contributed by atoms with van der Waals surface area (Å²) < 4.78 is 1.62. The van der Waals surface area contributed by atoms with Crippen molar-refractivity contribution in [3.63, 3.8) is 0 Å². The first kappa shape index (κ1) is 6.73. The van der Waals surface area contributed by atoms with E-state index < -0.39 is 0 Å². The molecule has 0 aromatic rings. The van der Waals surface area contributed by atoms with Gasteiger partial charge in [0.15, 0.2) is 5.82 Å². The van der Waals surface area contributed by atoms with Gasteiger partial charge >= 0.3 is 0 Å². The maximum absolute atomic E-state index is 8.63. The summed E-state index contributed by atoms with van der Waals surface area (Å²) in [5.74, 6) is 0.854. The first-order valence-corrected chi connectivity index (χ1v) is 3.35. The van der Waals surface area contributed by atoms with E-state index in [0.717, 1.165) is 0 Å². The lowest BCUT2D eigenvalue weighted by Gasteiger charge is -2.01. The normalized spacial score (nSPS) is 10.0. The summed E-state index contributed by atoms with van der Waals surface area (Å²) in [5, 5.41) is 8.63. The highest BCUT2D eigenvalue weighted by Gasteiger charge is 2.09. The first-order chi connectivity index (χ1) is 5.81. The SMILES string of the molecule is Cn1cc2ncnc-2nc1C#N. The minimum atomic E-state index is 0.336. The molecular weight excluding hydrogens is 154 g/mol. The van der Waals surface area contributed by atoms with Crippen LogP contribution in [0.1, 0.15) is 5.82 Å². The summed E-state index contributed by atoms with van der Waals surface area (Å²) in [6.07, 6.45) is 3.16. The molecule has 0 aromatic heterocycles. The number of aryl methyl sites for hydroxylation is 1. The van der Waals surface area contributed by atoms with Crippen LogP contribution in [0, 0.1) is 11.3 Å². The third kappa shape index (κ3) is 0.820. The Morgan fingerprint density at radius 3 is 3.08 bits per heavy atom. The molecule has 0 atom stereocenters. The first-order valence-electron chi connectivity index (χ1n) is 3.35. The molecule has 2 aliphatic heterocycles. The summed E-state index contributed by atoms with van der Waals surface area (Å²) >= 11 is 0. The second kappa shape index (κ2) is 2.27. The lowest BCUT2D eigenvalue weighted by molar-refractivity contribution is 0.835. The quantitative estimate of drug-likeness (QED) is 0.550. The van der Waals surface area contributed by atoms with E-state index in [-0.39, 0.29) is 0 Å². The molecule has 5 heteroatoms. The highest BCUT2D eigenvalue weighted by atomic mass is 15.1. The van der Waals surface area contributed by atoms with Gasteiger partial charge in [-0.3, -0.25) is 0 Å². The molecule has 58 valence electrons. The summed E-state index contributed by atoms with van der Waals surface area (Å²) in [7, 11) is 1.75. The second-order valence-corrected chi connectivity index (χ2v) is 2.37. The minimum Gasteiger partial charge on any atom is -0.325 e. The van der Waals surface area contributed by atoms with Crippen molar-refractivity contribution in [1.29, 1.82) is 5.26 Å². The Morgan fingerprint density at radius 1 is 1.50 bits per heavy atom. The lowest BCUT2D eigenvalue weighted by atomic mass is 10.4. The largest absolute Gasteiger partial charge is 0.325 e. The monoisotopic (exact) mass is 159 g/mol. The van der Waals surface area contributed by atoms with E-state index in [2.05, 4.69) is 15.0 Å². The zero-order valence-corrected chi connectivity index (χ0v) is 6.39. The molecule has 0 amide bonds. The summed E-state index contributed by atoms with van der Waals surface area (Å²) in [4.78, 5) is 11.8. The predicted molar refractivity (Wildman–Crippen MR) is 40.1 cm³/mol. The molecule has 0 N–H and O–H groups in total. The van der Waals surface area contributed by atoms with Gasteiger partial charge in [-0.2, -0.15) is 10.2 Å². The number of nitrogens with zero attached hydrogens (tertiary/aromatic N) is 5. The Labute approximate surface area is 68.7 Å². The summed E-state index contributed by atoms with van der Waals surface area (Å²) in [6, 6.07) is 1.96. The van der Waals surface area contributed by atoms with Crippen molar-refractivity contribution in [2.24, 2.45) is 7.05 Å². The molecule has 12 heavy (non-hydrogen) atoms. The molecule has 0 radical (unpaired) electrons. The standard InChI is InChI=1S/C7H5N5/c1-12-3-5-7(10-4-9-5)11-6(12)2-8/h3-4H,1H3. The van der Waals surface area contributed by atoms with Gasteiger partial charge in [-0.25, -0.2) is 9.97 Å². The highest BCUT2D eigenvalue weighted by Crippen LogP contribution is 2.12. The van der Waals surface area contributed by atoms with E-state index in [1.54, 1.807) is 17.8 Å². The predicted octanol–water partition coefficient (Wildman–Crippen LogP) is 0.187. The van der Waals surface area contributed by atoms with Gasteiger partial charge in [0.1, 0.15) is 18.1 Å². The number of rotatable bonds is 0. The number of nitriles is 1. The molecule has 2 rings (SSSR count). The smallest absolute Gasteiger partial charge is 0.214 e. The average molecular weight is 159 g/mol. The Bertz CT molecular complexity index is 424. The lowest BCUT2D eigenvalue weighted by Crippen LogP contribution is -2.02. The van der Waals surface area contributed by atoms with Gasteiger partial charge in [-0.05, 0) is 0 Å². The molecule has 0 unspecified atom stereocenters. The highest BCUT2D eigenvalue weighted by molar-refractivity contribution is 5.49. The van der Waals surface area contributed by atoms with E-state index >= 15 is 0 Å². The van der Waals surface area contributed by atoms with Crippen molar-refractivity contribution in [2.75, 3.05) is 0 Å². The van der Waals surface area contributed by atoms with Crippen molar-refractivity contribution in [3.05, 3.63) is 18.3 Å². The van der Waals surface area contributed by atoms with Crippen molar-refractivity contribution in [2.45, 2.75) is 0 Å². The van der Waals surface area contributed by atoms with E-state index in [0.29, 0.717) is 17.3 Å². The van der Waals surface area contributed by atoms with Gasteiger partial charge in [0.2, 0.25) is 5.82 Å². The third-order valence-electron chi connectivity index (χ3n) is 1.57. The Balaban J connectivity index is 2.77. The van der Waals surface area contributed by atoms with Gasteiger partial charge in [-0.1, -0.05) is 0 Å². The van der Waals surface area contributed by atoms with Crippen LogP contribution < -0.4 is 0 Å². The van der Waals surface area contributed by atoms with Gasteiger partial charge in [-0.15, -0.1) is 0 Å². The maximum Gasteiger partial charge on any atom is 0.214 e. The van der Waals surface area contributed by atoms with E-state index in [9.17, 15) is 0 Å². The Hall–Kier alpha value is -1.96. The van der Waals surface area contributed by atoms with Crippen LogP contribution in [0.15, 0.2) is 12.5 Å². The molecule has 0 fully saturated rings. The second-order valence-electron chi connectivity index (χ2n) is 2.37. The summed E-state index contributed by atoms with van der Waals surface area (Å²) in [6.45, 7) is 0. The minimum absolute atomic E-state index is 0.336. The average Bonchev–Trinajstić information content (AvgIpc) is 2.49. The van der Waals surface area contributed by atoms with Crippen LogP contribution in [0.3, 0.4) is 0 Å². The van der Waals surface area contributed by atoms with Gasteiger partial charge in [0.25, 0.3) is 0 Å². The maximum atomic E-state index is 8.63. The number of aromatic nitrogens is 4. The van der Waals surface area contributed by atoms with Crippen LogP contribution in [0.5, 0.6) is 0 Å². The number of imidazole rings is 1. The van der Waals surface area contributed by atoms with E-state index in [1.807, 2.05) is 6.07 Å². The number of fused-ring (bicyclic) bond motifs is 1. The molecule has 0 saturated heterocycles. The van der Waals surface area contributed by atoms with Crippen LogP contribution in [-0.4, -0.2) is 19.5 Å². The van der Waals surface area contributed by atoms with Gasteiger partial charge in [0.05, 0.1) is 0 Å². The summed E-state index contributed by atoms with van der Waals surface area (Å²) in [5.41, 5.74) is 0.705. The van der Waals surface area contributed by atoms with Crippen molar-refractivity contribution >= 4 is 0 Å². The van der Waals surface area contributed by atoms with Crippen LogP contribution in [0.4, 0.5) is 0 Å². The number of hydrogen-bond acceptors (Lipinski definition) is 4. The molecule has 0 aliphatic carbocycles. The third-order valence-corrected chi connectivity index (χ3v) is 1.57. The molecule has 0 saturated carbocycles. The zero-order chi connectivity index (χ0) is 8.55. The fourth-order valence-electron chi connectivity index (χ4n) is 0.974. The molecule has 5 nitrogen and oxygen atoms in total. The van der Waals surface area contributed by atoms with Gasteiger partial charge < -0.3 is 4.57 Å². The van der Waals surface area contributed by atoms with Crippen LogP contribution >= 0.6 is 0 Å². The van der Waals surface area contributed by atoms with Crippen molar-refractivity contribution < 1.29 is 0 Å². The van der Waals surface area contributed by atoms with Crippen LogP contribution in [0.2, 0.25) is 0 Å². The molecule has 0 aromatic carbocycles. The van der Waals surface area contributed by atoms with E-state index in [1.165, 1.54) is 6.33 Å². The molecule has 0 spiro atoms. The van der Waals surface area contributed by atoms with Crippen molar-refractivity contribution in [3.8, 4) is 17.6 Å². The van der Waals surface area contributed by atoms with Crippen molar-refractivity contribution in [1.82, 2.24) is 19.5 Å². The Kier molecular flexibility index (Phi) is 1.27. The zero-order valence-electron chi connectivity index (χ0n) is 6.39. The van der Waals surface area contributed by atoms with Crippen LogP contribution in [0.25, 0.3) is 11.5 Å². The molecule has 2 heterocycles. The van der Waals surface area contributed by atoms with Crippen LogP contribution in [-0.2, 0) is 7.05 Å².